The number of aromatic nitrogens is 1. The number of anilines is 2. The second-order valence-electron chi connectivity index (χ2n) is 10.2. The maximum atomic E-state index is 10.3. The quantitative estimate of drug-likeness (QED) is 0.548. The predicted molar refractivity (Wildman–Crippen MR) is 144 cm³/mol. The van der Waals surface area contributed by atoms with E-state index in [1.165, 1.54) is 30.4 Å². The summed E-state index contributed by atoms with van der Waals surface area (Å²) in [6.45, 7) is 6.95. The van der Waals surface area contributed by atoms with Crippen molar-refractivity contribution in [2.75, 3.05) is 43.4 Å². The second-order valence-corrected chi connectivity index (χ2v) is 10.2. The Hall–Kier alpha value is -3.14. The Morgan fingerprint density at radius 2 is 1.77 bits per heavy atom. The van der Waals surface area contributed by atoms with E-state index in [1.807, 2.05) is 12.1 Å². The van der Waals surface area contributed by atoms with Crippen molar-refractivity contribution in [2.45, 2.75) is 51.2 Å². The fourth-order valence-corrected chi connectivity index (χ4v) is 5.47. The van der Waals surface area contributed by atoms with E-state index in [2.05, 4.69) is 76.9 Å². The van der Waals surface area contributed by atoms with Crippen LogP contribution in [0.25, 0.3) is 10.9 Å². The summed E-state index contributed by atoms with van der Waals surface area (Å²) >= 11 is 0. The first kappa shape index (κ1) is 23.6. The molecule has 2 fully saturated rings. The van der Waals surface area contributed by atoms with Crippen molar-refractivity contribution in [3.63, 3.8) is 0 Å². The predicted octanol–water partition coefficient (Wildman–Crippen LogP) is 4.68. The van der Waals surface area contributed by atoms with Crippen LogP contribution < -0.4 is 15.5 Å². The number of pyridine rings is 1. The Labute approximate surface area is 208 Å². The van der Waals surface area contributed by atoms with Crippen molar-refractivity contribution in [1.29, 1.82) is 5.26 Å². The molecule has 2 aromatic carbocycles. The van der Waals surface area contributed by atoms with Gasteiger partial charge in [0.15, 0.2) is 0 Å². The molecular weight excluding hydrogens is 432 g/mol. The van der Waals surface area contributed by atoms with Gasteiger partial charge in [-0.3, -0.25) is 0 Å². The first-order chi connectivity index (χ1) is 17.1. The van der Waals surface area contributed by atoms with Crippen molar-refractivity contribution in [2.24, 2.45) is 0 Å². The third-order valence-electron chi connectivity index (χ3n) is 7.48. The molecule has 1 atom stereocenters. The minimum Gasteiger partial charge on any atom is -0.368 e. The number of fused-ring (bicyclic) bond motifs is 1. The summed E-state index contributed by atoms with van der Waals surface area (Å²) in [5, 5.41) is 18.8. The molecule has 0 amide bonds. The van der Waals surface area contributed by atoms with Gasteiger partial charge in [-0.2, -0.15) is 5.26 Å². The van der Waals surface area contributed by atoms with Gasteiger partial charge in [-0.1, -0.05) is 48.0 Å². The van der Waals surface area contributed by atoms with Crippen molar-refractivity contribution in [1.82, 2.24) is 15.2 Å². The Bertz CT molecular complexity index is 1190. The zero-order chi connectivity index (χ0) is 24.2. The molecule has 2 saturated heterocycles. The van der Waals surface area contributed by atoms with Crippen LogP contribution in [0.5, 0.6) is 0 Å². The van der Waals surface area contributed by atoms with E-state index in [0.29, 0.717) is 30.0 Å². The lowest BCUT2D eigenvalue weighted by atomic mass is 9.98. The molecule has 0 aliphatic carbocycles. The van der Waals surface area contributed by atoms with Crippen molar-refractivity contribution in [3.05, 3.63) is 65.2 Å². The summed E-state index contributed by atoms with van der Waals surface area (Å²) in [4.78, 5) is 9.72. The average Bonchev–Trinajstić information content (AvgIpc) is 2.89. The van der Waals surface area contributed by atoms with Gasteiger partial charge in [0.1, 0.15) is 17.5 Å². The number of nitrogens with zero attached hydrogens (tertiary/aromatic N) is 4. The van der Waals surface area contributed by atoms with Crippen LogP contribution in [-0.4, -0.2) is 55.2 Å². The van der Waals surface area contributed by atoms with Crippen LogP contribution in [0.3, 0.4) is 0 Å². The molecule has 2 aliphatic rings. The smallest absolute Gasteiger partial charge is 0.147 e. The number of likely N-dealkylation sites (tertiary alicyclic amines) is 1. The van der Waals surface area contributed by atoms with Crippen LogP contribution in [0.1, 0.15) is 42.4 Å². The molecule has 35 heavy (non-hydrogen) atoms. The highest BCUT2D eigenvalue weighted by atomic mass is 15.2. The summed E-state index contributed by atoms with van der Waals surface area (Å²) in [7, 11) is 2.21. The Balaban J connectivity index is 1.41. The summed E-state index contributed by atoms with van der Waals surface area (Å²) in [6, 6.07) is 20.3. The maximum Gasteiger partial charge on any atom is 0.147 e. The van der Waals surface area contributed by atoms with E-state index >= 15 is 0 Å². The number of benzene rings is 2. The average molecular weight is 469 g/mol. The van der Waals surface area contributed by atoms with Crippen LogP contribution in [0.4, 0.5) is 11.5 Å². The normalized spacial score (nSPS) is 19.6. The van der Waals surface area contributed by atoms with Crippen molar-refractivity contribution < 1.29 is 0 Å². The maximum absolute atomic E-state index is 10.3. The fourth-order valence-electron chi connectivity index (χ4n) is 5.47. The van der Waals surface area contributed by atoms with Gasteiger partial charge in [0.2, 0.25) is 0 Å². The number of hydrogen-bond acceptors (Lipinski definition) is 6. The van der Waals surface area contributed by atoms with Crippen LogP contribution in [0.2, 0.25) is 0 Å². The van der Waals surface area contributed by atoms with Gasteiger partial charge in [0.05, 0.1) is 11.2 Å². The number of piperidine rings is 2. The van der Waals surface area contributed by atoms with Crippen molar-refractivity contribution >= 4 is 22.4 Å². The lowest BCUT2D eigenvalue weighted by molar-refractivity contribution is 0.219. The third-order valence-corrected chi connectivity index (χ3v) is 7.48. The third kappa shape index (κ3) is 5.42. The summed E-state index contributed by atoms with van der Waals surface area (Å²) in [6.07, 6.45) is 4.73. The minimum absolute atomic E-state index is 0.444. The van der Waals surface area contributed by atoms with Gasteiger partial charge in [0.25, 0.3) is 0 Å². The molecule has 0 spiro atoms. The zero-order valence-electron chi connectivity index (χ0n) is 20.9. The SMILES string of the molecule is Cc1ccc(CNc2nc3ccccc3c(N3CCCC(NC4CCN(C)CC4)C3)c2C#N)cc1. The lowest BCUT2D eigenvalue weighted by Gasteiger charge is -2.39. The molecule has 3 aromatic rings. The highest BCUT2D eigenvalue weighted by Crippen LogP contribution is 2.35. The molecule has 1 aromatic heterocycles. The molecule has 0 bridgehead atoms. The summed E-state index contributed by atoms with van der Waals surface area (Å²) in [5.41, 5.74) is 5.02. The summed E-state index contributed by atoms with van der Waals surface area (Å²) in [5.74, 6) is 0.673. The fraction of sp³-hybridized carbons (Fsp3) is 0.448. The van der Waals surface area contributed by atoms with E-state index in [0.717, 1.165) is 49.2 Å². The number of aryl methyl sites for hydroxylation is 1. The molecule has 2 aliphatic heterocycles. The molecule has 6 nitrogen and oxygen atoms in total. The number of nitriles is 1. The second kappa shape index (κ2) is 10.6. The molecule has 2 N–H and O–H groups in total. The highest BCUT2D eigenvalue weighted by molar-refractivity contribution is 5.97. The first-order valence-corrected chi connectivity index (χ1v) is 12.9. The van der Waals surface area contributed by atoms with Gasteiger partial charge in [-0.25, -0.2) is 4.98 Å². The number of hydrogen-bond donors (Lipinski definition) is 2. The molecular formula is C29H36N6. The number of nitrogens with one attached hydrogen (secondary N) is 2. The van der Waals surface area contributed by atoms with Crippen LogP contribution in [0, 0.1) is 18.3 Å². The van der Waals surface area contributed by atoms with Crippen molar-refractivity contribution in [3.8, 4) is 6.07 Å². The molecule has 6 heteroatoms. The zero-order valence-corrected chi connectivity index (χ0v) is 20.9. The molecule has 3 heterocycles. The van der Waals surface area contributed by atoms with Gasteiger partial charge < -0.3 is 20.4 Å². The lowest BCUT2D eigenvalue weighted by Crippen LogP contribution is -2.51. The van der Waals surface area contributed by atoms with Gasteiger partial charge >= 0.3 is 0 Å². The van der Waals surface area contributed by atoms with E-state index in [4.69, 9.17) is 4.98 Å². The monoisotopic (exact) mass is 468 g/mol. The largest absolute Gasteiger partial charge is 0.368 e. The molecule has 0 radical (unpaired) electrons. The van der Waals surface area contributed by atoms with Gasteiger partial charge in [-0.15, -0.1) is 0 Å². The highest BCUT2D eigenvalue weighted by Gasteiger charge is 2.28. The van der Waals surface area contributed by atoms with E-state index in [9.17, 15) is 5.26 Å². The number of para-hydroxylation sites is 1. The molecule has 0 saturated carbocycles. The Kier molecular flexibility index (Phi) is 7.17. The molecule has 5 rings (SSSR count). The Morgan fingerprint density at radius 1 is 1.00 bits per heavy atom. The molecule has 182 valence electrons. The topological polar surface area (TPSA) is 67.2 Å². The van der Waals surface area contributed by atoms with Crippen LogP contribution >= 0.6 is 0 Å². The van der Waals surface area contributed by atoms with E-state index in [1.54, 1.807) is 0 Å². The van der Waals surface area contributed by atoms with E-state index < -0.39 is 0 Å². The van der Waals surface area contributed by atoms with Crippen LogP contribution in [0.15, 0.2) is 48.5 Å². The van der Waals surface area contributed by atoms with Gasteiger partial charge in [-0.05, 0) is 64.4 Å². The van der Waals surface area contributed by atoms with Crippen LogP contribution in [-0.2, 0) is 6.54 Å². The summed E-state index contributed by atoms with van der Waals surface area (Å²) < 4.78 is 0. The standard InChI is InChI=1S/C29H36N6/c1-21-9-11-22(12-10-21)19-31-29-26(18-30)28(25-7-3-4-8-27(25)33-29)35-15-5-6-24(20-35)32-23-13-16-34(2)17-14-23/h3-4,7-12,23-24,32H,5-6,13-17,19-20H2,1-2H3,(H,31,33). The number of rotatable bonds is 6. The molecule has 1 unspecified atom stereocenters. The Morgan fingerprint density at radius 3 is 2.54 bits per heavy atom. The van der Waals surface area contributed by atoms with Gasteiger partial charge in [0, 0.05) is 37.1 Å². The minimum atomic E-state index is 0.444. The first-order valence-electron chi connectivity index (χ1n) is 12.9. The van der Waals surface area contributed by atoms with E-state index in [-0.39, 0.29) is 0 Å².